The predicted octanol–water partition coefficient (Wildman–Crippen LogP) is 2.10. The number of rotatable bonds is 1. The number of nitrogens with one attached hydrogen (secondary N) is 1. The van der Waals surface area contributed by atoms with E-state index in [4.69, 9.17) is 0 Å². The smallest absolute Gasteiger partial charge is 0.0335 e. The lowest BCUT2D eigenvalue weighted by atomic mass is 9.89. The fourth-order valence-electron chi connectivity index (χ4n) is 1.93. The van der Waals surface area contributed by atoms with Gasteiger partial charge in [-0.1, -0.05) is 0 Å². The zero-order chi connectivity index (χ0) is 8.39. The van der Waals surface area contributed by atoms with Gasteiger partial charge in [0.2, 0.25) is 0 Å². The molecule has 0 fully saturated rings. The van der Waals surface area contributed by atoms with Gasteiger partial charge in [-0.2, -0.15) is 0 Å². The monoisotopic (exact) mass is 198 g/mol. The minimum Gasteiger partial charge on any atom is -0.313 e. The number of fused-ring (bicyclic) bond motifs is 1. The van der Waals surface area contributed by atoms with Crippen molar-refractivity contribution >= 4 is 12.4 Å². The van der Waals surface area contributed by atoms with Crippen molar-refractivity contribution in [2.45, 2.75) is 25.3 Å². The number of halogens is 1. The van der Waals surface area contributed by atoms with Crippen molar-refractivity contribution in [3.63, 3.8) is 0 Å². The van der Waals surface area contributed by atoms with Crippen LogP contribution in [0.4, 0.5) is 0 Å². The van der Waals surface area contributed by atoms with E-state index in [1.165, 1.54) is 30.4 Å². The van der Waals surface area contributed by atoms with Crippen LogP contribution in [0.2, 0.25) is 0 Å². The number of nitrogens with zero attached hydrogens (tertiary/aromatic N) is 1. The molecular formula is C10H15ClN2. The van der Waals surface area contributed by atoms with Gasteiger partial charge < -0.3 is 5.32 Å². The van der Waals surface area contributed by atoms with Gasteiger partial charge in [0.25, 0.3) is 0 Å². The number of hydrogen-bond donors (Lipinski definition) is 1. The molecule has 0 aromatic carbocycles. The Labute approximate surface area is 85.2 Å². The summed E-state index contributed by atoms with van der Waals surface area (Å²) in [6, 6.07) is 2.67. The van der Waals surface area contributed by atoms with Crippen LogP contribution in [0, 0.1) is 0 Å². The van der Waals surface area contributed by atoms with Gasteiger partial charge in [0, 0.05) is 18.4 Å². The molecule has 0 amide bonds. The normalized spacial score (nSPS) is 20.2. The molecule has 1 aromatic heterocycles. The minimum atomic E-state index is 0. The summed E-state index contributed by atoms with van der Waals surface area (Å²) < 4.78 is 0. The van der Waals surface area contributed by atoms with Crippen molar-refractivity contribution in [3.05, 3.63) is 29.6 Å². The van der Waals surface area contributed by atoms with Gasteiger partial charge in [0.1, 0.15) is 0 Å². The Morgan fingerprint density at radius 2 is 2.38 bits per heavy atom. The molecule has 1 aromatic rings. The molecule has 1 N–H and O–H groups in total. The second kappa shape index (κ2) is 4.58. The fraction of sp³-hybridized carbons (Fsp3) is 0.500. The van der Waals surface area contributed by atoms with E-state index in [1.807, 2.05) is 19.4 Å². The quantitative estimate of drug-likeness (QED) is 0.748. The summed E-state index contributed by atoms with van der Waals surface area (Å²) in [4.78, 5) is 4.16. The molecule has 0 saturated heterocycles. The first kappa shape index (κ1) is 10.5. The first-order valence-electron chi connectivity index (χ1n) is 4.52. The van der Waals surface area contributed by atoms with Crippen molar-refractivity contribution < 1.29 is 0 Å². The molecule has 72 valence electrons. The molecule has 0 aliphatic heterocycles. The molecule has 1 atom stereocenters. The van der Waals surface area contributed by atoms with E-state index in [-0.39, 0.29) is 12.4 Å². The van der Waals surface area contributed by atoms with Crippen LogP contribution in [-0.2, 0) is 6.42 Å². The van der Waals surface area contributed by atoms with E-state index >= 15 is 0 Å². The Hall–Kier alpha value is -0.600. The van der Waals surface area contributed by atoms with Crippen molar-refractivity contribution in [2.75, 3.05) is 7.05 Å². The summed E-state index contributed by atoms with van der Waals surface area (Å²) in [6.45, 7) is 0. The van der Waals surface area contributed by atoms with Gasteiger partial charge in [0.05, 0.1) is 0 Å². The topological polar surface area (TPSA) is 24.9 Å². The average Bonchev–Trinajstić information content (AvgIpc) is 2.17. The molecule has 3 heteroatoms. The molecule has 0 bridgehead atoms. The highest BCUT2D eigenvalue weighted by atomic mass is 35.5. The minimum absolute atomic E-state index is 0. The van der Waals surface area contributed by atoms with Crippen molar-refractivity contribution in [1.82, 2.24) is 10.3 Å². The Kier molecular flexibility index (Phi) is 3.70. The average molecular weight is 199 g/mol. The van der Waals surface area contributed by atoms with Crippen LogP contribution < -0.4 is 5.32 Å². The third-order valence-corrected chi connectivity index (χ3v) is 2.61. The molecule has 2 rings (SSSR count). The molecule has 1 heterocycles. The second-order valence-electron chi connectivity index (χ2n) is 3.31. The number of hydrogen-bond acceptors (Lipinski definition) is 2. The second-order valence-corrected chi connectivity index (χ2v) is 3.31. The number of aryl methyl sites for hydroxylation is 1. The van der Waals surface area contributed by atoms with E-state index in [1.54, 1.807) is 0 Å². The third-order valence-electron chi connectivity index (χ3n) is 2.61. The van der Waals surface area contributed by atoms with Crippen LogP contribution in [0.3, 0.4) is 0 Å². The zero-order valence-corrected chi connectivity index (χ0v) is 8.60. The zero-order valence-electron chi connectivity index (χ0n) is 7.79. The maximum atomic E-state index is 4.16. The van der Waals surface area contributed by atoms with Gasteiger partial charge in [-0.3, -0.25) is 4.98 Å². The largest absolute Gasteiger partial charge is 0.313 e. The Bertz CT molecular complexity index is 275. The van der Waals surface area contributed by atoms with Gasteiger partial charge >= 0.3 is 0 Å². The van der Waals surface area contributed by atoms with Gasteiger partial charge in [-0.05, 0) is 43.5 Å². The lowest BCUT2D eigenvalue weighted by molar-refractivity contribution is 0.494. The highest BCUT2D eigenvalue weighted by Gasteiger charge is 2.17. The highest BCUT2D eigenvalue weighted by molar-refractivity contribution is 5.85. The molecule has 13 heavy (non-hydrogen) atoms. The number of aromatic nitrogens is 1. The van der Waals surface area contributed by atoms with E-state index < -0.39 is 0 Å². The standard InChI is InChI=1S/C10H14N2.ClH/c1-11-10-4-2-3-8-5-6-12-7-9(8)10;/h5-7,10-11H,2-4H2,1H3;1H. The van der Waals surface area contributed by atoms with Gasteiger partial charge in [-0.15, -0.1) is 12.4 Å². The SMILES string of the molecule is CNC1CCCc2ccncc21.Cl. The summed E-state index contributed by atoms with van der Waals surface area (Å²) in [6.07, 6.45) is 7.64. The van der Waals surface area contributed by atoms with Crippen LogP contribution >= 0.6 is 12.4 Å². The maximum Gasteiger partial charge on any atom is 0.0335 e. The van der Waals surface area contributed by atoms with Crippen molar-refractivity contribution in [3.8, 4) is 0 Å². The van der Waals surface area contributed by atoms with Crippen molar-refractivity contribution in [1.29, 1.82) is 0 Å². The Balaban J connectivity index is 0.000000845. The van der Waals surface area contributed by atoms with E-state index in [0.29, 0.717) is 6.04 Å². The van der Waals surface area contributed by atoms with Crippen molar-refractivity contribution in [2.24, 2.45) is 0 Å². The summed E-state index contributed by atoms with van der Waals surface area (Å²) in [5, 5.41) is 3.32. The molecule has 0 saturated carbocycles. The Morgan fingerprint density at radius 1 is 1.54 bits per heavy atom. The van der Waals surface area contributed by atoms with Crippen LogP contribution in [0.15, 0.2) is 18.5 Å². The summed E-state index contributed by atoms with van der Waals surface area (Å²) in [7, 11) is 2.02. The summed E-state index contributed by atoms with van der Waals surface area (Å²) in [5.74, 6) is 0. The molecule has 0 spiro atoms. The predicted molar refractivity (Wildman–Crippen MR) is 56.2 cm³/mol. The first-order valence-corrected chi connectivity index (χ1v) is 4.52. The van der Waals surface area contributed by atoms with Crippen LogP contribution in [0.1, 0.15) is 30.0 Å². The highest BCUT2D eigenvalue weighted by Crippen LogP contribution is 2.27. The summed E-state index contributed by atoms with van der Waals surface area (Å²) in [5.41, 5.74) is 2.86. The molecule has 1 aliphatic rings. The molecule has 0 radical (unpaired) electrons. The van der Waals surface area contributed by atoms with Gasteiger partial charge in [0.15, 0.2) is 0 Å². The third kappa shape index (κ3) is 2.01. The van der Waals surface area contributed by atoms with E-state index in [0.717, 1.165) is 0 Å². The first-order chi connectivity index (χ1) is 5.92. The summed E-state index contributed by atoms with van der Waals surface area (Å²) >= 11 is 0. The van der Waals surface area contributed by atoms with E-state index in [2.05, 4.69) is 16.4 Å². The molecule has 1 aliphatic carbocycles. The molecular weight excluding hydrogens is 184 g/mol. The van der Waals surface area contributed by atoms with E-state index in [9.17, 15) is 0 Å². The molecule has 1 unspecified atom stereocenters. The van der Waals surface area contributed by atoms with Crippen LogP contribution in [0.25, 0.3) is 0 Å². The Morgan fingerprint density at radius 3 is 3.15 bits per heavy atom. The number of pyridine rings is 1. The lowest BCUT2D eigenvalue weighted by Crippen LogP contribution is -2.21. The van der Waals surface area contributed by atoms with Crippen LogP contribution in [0.5, 0.6) is 0 Å². The van der Waals surface area contributed by atoms with Crippen LogP contribution in [-0.4, -0.2) is 12.0 Å². The maximum absolute atomic E-state index is 4.16. The lowest BCUT2D eigenvalue weighted by Gasteiger charge is -2.24. The fourth-order valence-corrected chi connectivity index (χ4v) is 1.93. The van der Waals surface area contributed by atoms with Gasteiger partial charge in [-0.25, -0.2) is 0 Å². The molecule has 2 nitrogen and oxygen atoms in total.